The molecule has 1 heterocycles. The summed E-state index contributed by atoms with van der Waals surface area (Å²) in [4.78, 5) is 11.3. The third-order valence-corrected chi connectivity index (χ3v) is 2.85. The smallest absolute Gasteiger partial charge is 0.243 e. The highest BCUT2D eigenvalue weighted by Crippen LogP contribution is 2.30. The van der Waals surface area contributed by atoms with E-state index in [4.69, 9.17) is 0 Å². The van der Waals surface area contributed by atoms with Crippen LogP contribution in [0.25, 0.3) is 0 Å². The zero-order chi connectivity index (χ0) is 11.5. The number of allylic oxidation sites excluding steroid dienone is 1. The van der Waals surface area contributed by atoms with Crippen LogP contribution in [0.1, 0.15) is 24.8 Å². The first-order valence-electron chi connectivity index (χ1n) is 5.39. The number of amides is 1. The number of carbonyl (C=O) groups excluding carboxylic acids is 1. The number of hydrogen-bond acceptors (Lipinski definition) is 2. The SMILES string of the molecule is CC1=CC(=O)NCC(c2ccccc2O)C1. The van der Waals surface area contributed by atoms with E-state index in [1.807, 2.05) is 19.1 Å². The number of nitrogens with one attached hydrogen (secondary N) is 1. The summed E-state index contributed by atoms with van der Waals surface area (Å²) in [6.07, 6.45) is 2.43. The summed E-state index contributed by atoms with van der Waals surface area (Å²) in [5.74, 6) is 0.413. The van der Waals surface area contributed by atoms with Gasteiger partial charge in [0.05, 0.1) is 0 Å². The lowest BCUT2D eigenvalue weighted by Crippen LogP contribution is -2.24. The maximum absolute atomic E-state index is 11.3. The van der Waals surface area contributed by atoms with Crippen LogP contribution in [-0.4, -0.2) is 17.6 Å². The second kappa shape index (κ2) is 4.39. The molecule has 1 aromatic rings. The van der Waals surface area contributed by atoms with Crippen molar-refractivity contribution >= 4 is 5.91 Å². The van der Waals surface area contributed by atoms with Crippen molar-refractivity contribution < 1.29 is 9.90 Å². The Morgan fingerprint density at radius 2 is 2.12 bits per heavy atom. The van der Waals surface area contributed by atoms with E-state index in [1.165, 1.54) is 0 Å². The molecular weight excluding hydrogens is 202 g/mol. The van der Waals surface area contributed by atoms with Gasteiger partial charge in [0.2, 0.25) is 5.91 Å². The van der Waals surface area contributed by atoms with Crippen molar-refractivity contribution in [3.05, 3.63) is 41.5 Å². The van der Waals surface area contributed by atoms with Gasteiger partial charge in [-0.1, -0.05) is 23.8 Å². The van der Waals surface area contributed by atoms with Crippen LogP contribution >= 0.6 is 0 Å². The van der Waals surface area contributed by atoms with Gasteiger partial charge in [-0.15, -0.1) is 0 Å². The van der Waals surface area contributed by atoms with E-state index in [9.17, 15) is 9.90 Å². The predicted molar refractivity (Wildman–Crippen MR) is 62.2 cm³/mol. The largest absolute Gasteiger partial charge is 0.508 e. The quantitative estimate of drug-likeness (QED) is 0.755. The highest BCUT2D eigenvalue weighted by molar-refractivity contribution is 5.88. The fourth-order valence-electron chi connectivity index (χ4n) is 2.07. The number of phenols is 1. The number of benzene rings is 1. The van der Waals surface area contributed by atoms with E-state index in [2.05, 4.69) is 5.32 Å². The summed E-state index contributed by atoms with van der Waals surface area (Å²) in [6.45, 7) is 2.52. The minimum atomic E-state index is -0.0459. The zero-order valence-electron chi connectivity index (χ0n) is 9.23. The van der Waals surface area contributed by atoms with Gasteiger partial charge in [0.1, 0.15) is 5.75 Å². The first-order chi connectivity index (χ1) is 7.66. The Kier molecular flexibility index (Phi) is 2.95. The lowest BCUT2D eigenvalue weighted by atomic mass is 9.92. The number of para-hydroxylation sites is 1. The van der Waals surface area contributed by atoms with Crippen molar-refractivity contribution in [3.8, 4) is 5.75 Å². The summed E-state index contributed by atoms with van der Waals surface area (Å²) in [5.41, 5.74) is 1.95. The van der Waals surface area contributed by atoms with Crippen LogP contribution in [0.5, 0.6) is 5.75 Å². The molecule has 1 aliphatic rings. The van der Waals surface area contributed by atoms with Gasteiger partial charge in [-0.2, -0.15) is 0 Å². The van der Waals surface area contributed by atoms with Gasteiger partial charge in [0.25, 0.3) is 0 Å². The summed E-state index contributed by atoms with van der Waals surface area (Å²) < 4.78 is 0. The van der Waals surface area contributed by atoms with Crippen molar-refractivity contribution in [2.24, 2.45) is 0 Å². The van der Waals surface area contributed by atoms with E-state index < -0.39 is 0 Å². The van der Waals surface area contributed by atoms with Gasteiger partial charge in [-0.05, 0) is 25.0 Å². The second-order valence-electron chi connectivity index (χ2n) is 4.20. The molecule has 1 amide bonds. The number of carbonyl (C=O) groups is 1. The summed E-state index contributed by atoms with van der Waals surface area (Å²) >= 11 is 0. The van der Waals surface area contributed by atoms with Gasteiger partial charge in [-0.25, -0.2) is 0 Å². The maximum atomic E-state index is 11.3. The van der Waals surface area contributed by atoms with Crippen LogP contribution in [0.3, 0.4) is 0 Å². The van der Waals surface area contributed by atoms with Crippen LogP contribution in [0.2, 0.25) is 0 Å². The van der Waals surface area contributed by atoms with Gasteiger partial charge in [0.15, 0.2) is 0 Å². The molecule has 0 saturated carbocycles. The van der Waals surface area contributed by atoms with Gasteiger partial charge >= 0.3 is 0 Å². The molecule has 1 unspecified atom stereocenters. The van der Waals surface area contributed by atoms with Crippen LogP contribution < -0.4 is 5.32 Å². The average molecular weight is 217 g/mol. The van der Waals surface area contributed by atoms with E-state index in [-0.39, 0.29) is 11.8 Å². The topological polar surface area (TPSA) is 49.3 Å². The molecule has 0 aliphatic carbocycles. The zero-order valence-corrected chi connectivity index (χ0v) is 9.23. The molecule has 0 bridgehead atoms. The lowest BCUT2D eigenvalue weighted by Gasteiger charge is -2.16. The Morgan fingerprint density at radius 3 is 2.88 bits per heavy atom. The minimum absolute atomic E-state index is 0.0459. The molecule has 2 N–H and O–H groups in total. The van der Waals surface area contributed by atoms with Crippen molar-refractivity contribution in [2.45, 2.75) is 19.3 Å². The van der Waals surface area contributed by atoms with E-state index >= 15 is 0 Å². The molecular formula is C13H15NO2. The second-order valence-corrected chi connectivity index (χ2v) is 4.20. The van der Waals surface area contributed by atoms with Gasteiger partial charge in [0, 0.05) is 18.5 Å². The molecule has 1 aliphatic heterocycles. The van der Waals surface area contributed by atoms with Crippen LogP contribution in [0.4, 0.5) is 0 Å². The third-order valence-electron chi connectivity index (χ3n) is 2.85. The predicted octanol–water partition coefficient (Wildman–Crippen LogP) is 1.94. The number of hydrogen-bond donors (Lipinski definition) is 2. The normalized spacial score (nSPS) is 20.9. The minimum Gasteiger partial charge on any atom is -0.508 e. The summed E-state index contributed by atoms with van der Waals surface area (Å²) in [5, 5.41) is 12.6. The van der Waals surface area contributed by atoms with Crippen LogP contribution in [-0.2, 0) is 4.79 Å². The first-order valence-corrected chi connectivity index (χ1v) is 5.39. The molecule has 3 nitrogen and oxygen atoms in total. The number of aromatic hydroxyl groups is 1. The lowest BCUT2D eigenvalue weighted by molar-refractivity contribution is -0.116. The highest BCUT2D eigenvalue weighted by atomic mass is 16.3. The Labute approximate surface area is 94.8 Å². The maximum Gasteiger partial charge on any atom is 0.243 e. The number of rotatable bonds is 1. The Hall–Kier alpha value is -1.77. The Balaban J connectivity index is 2.26. The molecule has 84 valence electrons. The van der Waals surface area contributed by atoms with Crippen molar-refractivity contribution in [2.75, 3.05) is 6.54 Å². The molecule has 1 atom stereocenters. The molecule has 0 radical (unpaired) electrons. The summed E-state index contributed by atoms with van der Waals surface area (Å²) in [6, 6.07) is 7.30. The molecule has 0 saturated heterocycles. The third kappa shape index (κ3) is 2.24. The summed E-state index contributed by atoms with van der Waals surface area (Å²) in [7, 11) is 0. The highest BCUT2D eigenvalue weighted by Gasteiger charge is 2.19. The molecule has 0 spiro atoms. The van der Waals surface area contributed by atoms with Crippen molar-refractivity contribution in [1.29, 1.82) is 0 Å². The average Bonchev–Trinajstić information content (AvgIpc) is 2.40. The molecule has 1 aromatic carbocycles. The van der Waals surface area contributed by atoms with Crippen LogP contribution in [0, 0.1) is 0 Å². The van der Waals surface area contributed by atoms with Crippen LogP contribution in [0.15, 0.2) is 35.9 Å². The van der Waals surface area contributed by atoms with Gasteiger partial charge in [-0.3, -0.25) is 4.79 Å². The number of phenolic OH excluding ortho intramolecular Hbond substituents is 1. The van der Waals surface area contributed by atoms with Crippen molar-refractivity contribution in [1.82, 2.24) is 5.32 Å². The standard InChI is InChI=1S/C13H15NO2/c1-9-6-10(8-14-13(16)7-9)11-4-2-3-5-12(11)15/h2-5,7,10,15H,6,8H2,1H3,(H,14,16). The fourth-order valence-corrected chi connectivity index (χ4v) is 2.07. The van der Waals surface area contributed by atoms with Crippen molar-refractivity contribution in [3.63, 3.8) is 0 Å². The molecule has 0 fully saturated rings. The van der Waals surface area contributed by atoms with E-state index in [0.29, 0.717) is 12.3 Å². The fraction of sp³-hybridized carbons (Fsp3) is 0.308. The molecule has 2 rings (SSSR count). The Morgan fingerprint density at radius 1 is 1.38 bits per heavy atom. The Bertz CT molecular complexity index is 437. The first kappa shape index (κ1) is 10.7. The van der Waals surface area contributed by atoms with E-state index in [1.54, 1.807) is 18.2 Å². The molecule has 16 heavy (non-hydrogen) atoms. The van der Waals surface area contributed by atoms with Gasteiger partial charge < -0.3 is 10.4 Å². The monoisotopic (exact) mass is 217 g/mol. The van der Waals surface area contributed by atoms with E-state index in [0.717, 1.165) is 17.6 Å². The molecule has 0 aromatic heterocycles. The molecule has 3 heteroatoms.